The molecule has 0 aromatic carbocycles. The van der Waals surface area contributed by atoms with Crippen LogP contribution in [0.5, 0.6) is 0 Å². The maximum absolute atomic E-state index is 11.0. The molecular formula is C7H10IN3O. The van der Waals surface area contributed by atoms with Crippen molar-refractivity contribution in [2.75, 3.05) is 0 Å². The lowest BCUT2D eigenvalue weighted by molar-refractivity contribution is -0.118. The highest BCUT2D eigenvalue weighted by Crippen LogP contribution is 2.00. The van der Waals surface area contributed by atoms with Gasteiger partial charge in [0.05, 0.1) is 12.4 Å². The number of Topliss-reactive ketones (excluding diaryl/α,β-unsaturated/α-hetero) is 1. The van der Waals surface area contributed by atoms with E-state index in [1.54, 1.807) is 19.4 Å². The van der Waals surface area contributed by atoms with Gasteiger partial charge in [0.25, 0.3) is 0 Å². The van der Waals surface area contributed by atoms with E-state index in [0.717, 1.165) is 5.69 Å². The lowest BCUT2D eigenvalue weighted by Crippen LogP contribution is -2.30. The van der Waals surface area contributed by atoms with E-state index in [4.69, 9.17) is 0 Å². The van der Waals surface area contributed by atoms with Gasteiger partial charge in [-0.15, -0.1) is 0 Å². The fourth-order valence-corrected chi connectivity index (χ4v) is 1.53. The maximum Gasteiger partial charge on any atom is 0.147 e. The molecule has 4 nitrogen and oxygen atoms in total. The van der Waals surface area contributed by atoms with Crippen LogP contribution < -0.4 is 3.53 Å². The smallest absolute Gasteiger partial charge is 0.147 e. The number of imidazole rings is 1. The van der Waals surface area contributed by atoms with Crippen LogP contribution in [0.4, 0.5) is 0 Å². The van der Waals surface area contributed by atoms with Gasteiger partial charge in [-0.25, -0.2) is 4.98 Å². The maximum atomic E-state index is 11.0. The van der Waals surface area contributed by atoms with Crippen LogP contribution in [-0.2, 0) is 11.2 Å². The first-order chi connectivity index (χ1) is 5.74. The summed E-state index contributed by atoms with van der Waals surface area (Å²) in [5.41, 5.74) is 0.972. The minimum atomic E-state index is -0.119. The Balaban J connectivity index is 2.54. The number of nitrogens with zero attached hydrogens (tertiary/aromatic N) is 1. The number of carbonyl (C=O) groups excluding carboxylic acids is 1. The summed E-state index contributed by atoms with van der Waals surface area (Å²) >= 11 is 1.98. The van der Waals surface area contributed by atoms with Gasteiger partial charge in [0.1, 0.15) is 5.78 Å². The van der Waals surface area contributed by atoms with Crippen molar-refractivity contribution in [3.63, 3.8) is 0 Å². The molecule has 1 atom stereocenters. The first kappa shape index (κ1) is 9.66. The predicted octanol–water partition coefficient (Wildman–Crippen LogP) is 0.849. The molecule has 1 aromatic heterocycles. The Morgan fingerprint density at radius 3 is 3.08 bits per heavy atom. The summed E-state index contributed by atoms with van der Waals surface area (Å²) in [6.45, 7) is 1.58. The second-order valence-corrected chi connectivity index (χ2v) is 3.18. The van der Waals surface area contributed by atoms with Gasteiger partial charge in [-0.05, 0) is 6.92 Å². The standard InChI is InChI=1S/C7H10IN3O/c1-5(12)7(11-8)2-6-3-9-4-10-6/h3-4,7,11H,2H2,1H3,(H,9,10). The molecule has 0 saturated heterocycles. The Labute approximate surface area is 84.6 Å². The van der Waals surface area contributed by atoms with Crippen molar-refractivity contribution >= 4 is 28.6 Å². The van der Waals surface area contributed by atoms with Crippen molar-refractivity contribution in [2.24, 2.45) is 0 Å². The van der Waals surface area contributed by atoms with Crippen LogP contribution in [0.1, 0.15) is 12.6 Å². The zero-order valence-corrected chi connectivity index (χ0v) is 8.83. The number of rotatable bonds is 4. The largest absolute Gasteiger partial charge is 0.348 e. The van der Waals surface area contributed by atoms with Crippen molar-refractivity contribution in [1.82, 2.24) is 13.5 Å². The lowest BCUT2D eigenvalue weighted by atomic mass is 10.1. The van der Waals surface area contributed by atoms with Crippen LogP contribution in [0.25, 0.3) is 0 Å². The van der Waals surface area contributed by atoms with Gasteiger partial charge in [-0.2, -0.15) is 0 Å². The molecule has 1 aromatic rings. The second-order valence-electron chi connectivity index (χ2n) is 2.55. The van der Waals surface area contributed by atoms with E-state index < -0.39 is 0 Å². The number of aromatic amines is 1. The molecule has 0 fully saturated rings. The molecule has 1 heterocycles. The molecule has 2 N–H and O–H groups in total. The quantitative estimate of drug-likeness (QED) is 0.634. The molecule has 0 aliphatic carbocycles. The van der Waals surface area contributed by atoms with E-state index in [9.17, 15) is 4.79 Å². The third kappa shape index (κ3) is 2.56. The van der Waals surface area contributed by atoms with Crippen molar-refractivity contribution in [2.45, 2.75) is 19.4 Å². The topological polar surface area (TPSA) is 57.8 Å². The van der Waals surface area contributed by atoms with Crippen LogP contribution in [0.15, 0.2) is 12.5 Å². The Morgan fingerprint density at radius 2 is 2.67 bits per heavy atom. The average Bonchev–Trinajstić information content (AvgIpc) is 2.51. The summed E-state index contributed by atoms with van der Waals surface area (Å²) < 4.78 is 2.91. The van der Waals surface area contributed by atoms with Crippen LogP contribution in [0.3, 0.4) is 0 Å². The zero-order chi connectivity index (χ0) is 8.97. The van der Waals surface area contributed by atoms with Gasteiger partial charge in [-0.3, -0.25) is 8.32 Å². The summed E-state index contributed by atoms with van der Waals surface area (Å²) in [6, 6.07) is -0.119. The molecule has 0 radical (unpaired) electrons. The number of ketones is 1. The Bertz CT molecular complexity index is 247. The monoisotopic (exact) mass is 279 g/mol. The summed E-state index contributed by atoms with van der Waals surface area (Å²) in [6.07, 6.45) is 4.00. The number of H-pyrrole nitrogens is 1. The molecule has 0 amide bonds. The highest BCUT2D eigenvalue weighted by molar-refractivity contribution is 14.1. The van der Waals surface area contributed by atoms with E-state index in [-0.39, 0.29) is 11.8 Å². The highest BCUT2D eigenvalue weighted by atomic mass is 127. The van der Waals surface area contributed by atoms with Crippen LogP contribution in [0, 0.1) is 0 Å². The average molecular weight is 279 g/mol. The number of hydrogen-bond acceptors (Lipinski definition) is 3. The Kier molecular flexibility index (Phi) is 3.67. The molecule has 1 rings (SSSR count). The Morgan fingerprint density at radius 1 is 1.92 bits per heavy atom. The number of aromatic nitrogens is 2. The molecule has 0 aliphatic heterocycles. The molecule has 12 heavy (non-hydrogen) atoms. The summed E-state index contributed by atoms with van der Waals surface area (Å²) in [5.74, 6) is 0.138. The lowest BCUT2D eigenvalue weighted by Gasteiger charge is -2.08. The van der Waals surface area contributed by atoms with Crippen molar-refractivity contribution in [1.29, 1.82) is 0 Å². The molecule has 5 heteroatoms. The summed E-state index contributed by atoms with van der Waals surface area (Å²) in [4.78, 5) is 17.8. The molecule has 0 saturated carbocycles. The zero-order valence-electron chi connectivity index (χ0n) is 6.67. The third-order valence-electron chi connectivity index (χ3n) is 1.60. The molecule has 0 spiro atoms. The molecule has 66 valence electrons. The summed E-state index contributed by atoms with van der Waals surface area (Å²) in [5, 5.41) is 0. The number of nitrogens with one attached hydrogen (secondary N) is 2. The van der Waals surface area contributed by atoms with Crippen LogP contribution in [-0.4, -0.2) is 21.8 Å². The molecule has 0 bridgehead atoms. The minimum absolute atomic E-state index is 0.119. The van der Waals surface area contributed by atoms with Gasteiger partial charge in [0, 0.05) is 41.2 Å². The van der Waals surface area contributed by atoms with Gasteiger partial charge >= 0.3 is 0 Å². The summed E-state index contributed by atoms with van der Waals surface area (Å²) in [7, 11) is 0. The van der Waals surface area contributed by atoms with Crippen molar-refractivity contribution < 1.29 is 4.79 Å². The van der Waals surface area contributed by atoms with E-state index in [2.05, 4.69) is 13.5 Å². The van der Waals surface area contributed by atoms with Crippen LogP contribution in [0.2, 0.25) is 0 Å². The molecule has 0 aliphatic rings. The number of halogens is 1. The van der Waals surface area contributed by atoms with E-state index in [0.29, 0.717) is 6.42 Å². The van der Waals surface area contributed by atoms with E-state index in [1.807, 2.05) is 22.9 Å². The first-order valence-corrected chi connectivity index (χ1v) is 4.65. The second kappa shape index (κ2) is 4.56. The predicted molar refractivity (Wildman–Crippen MR) is 53.9 cm³/mol. The number of carbonyl (C=O) groups is 1. The molecular weight excluding hydrogens is 269 g/mol. The third-order valence-corrected chi connectivity index (χ3v) is 2.35. The van der Waals surface area contributed by atoms with Crippen LogP contribution >= 0.6 is 22.9 Å². The van der Waals surface area contributed by atoms with Gasteiger partial charge in [0.15, 0.2) is 0 Å². The normalized spacial score (nSPS) is 12.8. The highest BCUT2D eigenvalue weighted by Gasteiger charge is 2.12. The number of hydrogen-bond donors (Lipinski definition) is 2. The fraction of sp³-hybridized carbons (Fsp3) is 0.429. The Hall–Kier alpha value is -0.430. The van der Waals surface area contributed by atoms with Gasteiger partial charge in [-0.1, -0.05) is 0 Å². The molecule has 1 unspecified atom stereocenters. The van der Waals surface area contributed by atoms with E-state index >= 15 is 0 Å². The SMILES string of the molecule is CC(=O)C(Cc1cnc[nH]1)NI. The van der Waals surface area contributed by atoms with Gasteiger partial charge in [0.2, 0.25) is 0 Å². The minimum Gasteiger partial charge on any atom is -0.348 e. The van der Waals surface area contributed by atoms with Gasteiger partial charge < -0.3 is 4.98 Å². The van der Waals surface area contributed by atoms with Crippen molar-refractivity contribution in [3.05, 3.63) is 18.2 Å². The first-order valence-electron chi connectivity index (χ1n) is 3.58. The van der Waals surface area contributed by atoms with Crippen molar-refractivity contribution in [3.8, 4) is 0 Å². The fourth-order valence-electron chi connectivity index (χ4n) is 0.875. The van der Waals surface area contributed by atoms with E-state index in [1.165, 1.54) is 0 Å².